The predicted molar refractivity (Wildman–Crippen MR) is 151 cm³/mol. The highest BCUT2D eigenvalue weighted by molar-refractivity contribution is 6.30. The molecule has 1 aliphatic rings. The van der Waals surface area contributed by atoms with Crippen LogP contribution in [0, 0.1) is 0 Å². The first-order chi connectivity index (χ1) is 19.2. The molecule has 0 saturated heterocycles. The summed E-state index contributed by atoms with van der Waals surface area (Å²) in [6.07, 6.45) is 5.50. The van der Waals surface area contributed by atoms with Gasteiger partial charge in [0.25, 0.3) is 5.56 Å². The normalized spacial score (nSPS) is 13.3. The van der Waals surface area contributed by atoms with Crippen molar-refractivity contribution in [2.45, 2.75) is 26.5 Å². The fraction of sp³-hybridized carbons (Fsp3) is 0.241. The van der Waals surface area contributed by atoms with Crippen LogP contribution in [0.5, 0.6) is 5.75 Å². The van der Waals surface area contributed by atoms with Crippen molar-refractivity contribution in [3.8, 4) is 11.4 Å². The van der Waals surface area contributed by atoms with Crippen molar-refractivity contribution in [2.75, 3.05) is 19.6 Å². The van der Waals surface area contributed by atoms with Crippen LogP contribution in [0.15, 0.2) is 77.9 Å². The van der Waals surface area contributed by atoms with Crippen molar-refractivity contribution in [1.82, 2.24) is 19.0 Å². The molecule has 0 saturated carbocycles. The Hall–Kier alpha value is -4.41. The lowest BCUT2D eigenvalue weighted by Crippen LogP contribution is -2.26. The highest BCUT2D eigenvalue weighted by Gasteiger charge is 2.16. The van der Waals surface area contributed by atoms with Crippen molar-refractivity contribution < 1.29 is 24.5 Å². The molecule has 1 aliphatic heterocycles. The van der Waals surface area contributed by atoms with Gasteiger partial charge in [0, 0.05) is 79.0 Å². The van der Waals surface area contributed by atoms with E-state index in [1.54, 1.807) is 35.2 Å². The second-order valence-electron chi connectivity index (χ2n) is 9.05. The highest BCUT2D eigenvalue weighted by atomic mass is 35.5. The number of halogens is 1. The fourth-order valence-corrected chi connectivity index (χ4v) is 4.55. The minimum Gasteiger partial charge on any atom is -0.487 e. The zero-order chi connectivity index (χ0) is 28.6. The molecule has 3 aromatic heterocycles. The third-order valence-electron chi connectivity index (χ3n) is 6.46. The minimum absolute atomic E-state index is 0.134. The molecular weight excluding hydrogens is 536 g/mol. The molecule has 0 amide bonds. The van der Waals surface area contributed by atoms with Crippen LogP contribution in [0.3, 0.4) is 0 Å². The third-order valence-corrected chi connectivity index (χ3v) is 6.68. The Morgan fingerprint density at radius 3 is 2.45 bits per heavy atom. The van der Waals surface area contributed by atoms with E-state index in [0.717, 1.165) is 44.0 Å². The van der Waals surface area contributed by atoms with Crippen LogP contribution < -0.4 is 10.3 Å². The zero-order valence-electron chi connectivity index (χ0n) is 21.9. The molecule has 2 N–H and O–H groups in total. The van der Waals surface area contributed by atoms with Crippen LogP contribution in [-0.2, 0) is 29.2 Å². The van der Waals surface area contributed by atoms with E-state index < -0.39 is 11.9 Å². The molecule has 4 aromatic rings. The number of ether oxygens (including phenoxy) is 1. The van der Waals surface area contributed by atoms with E-state index >= 15 is 0 Å². The molecule has 0 bridgehead atoms. The summed E-state index contributed by atoms with van der Waals surface area (Å²) in [4.78, 5) is 38.6. The summed E-state index contributed by atoms with van der Waals surface area (Å²) in [7, 11) is 0. The first-order valence-corrected chi connectivity index (χ1v) is 13.1. The monoisotopic (exact) mass is 564 g/mol. The first-order valence-electron chi connectivity index (χ1n) is 12.7. The highest BCUT2D eigenvalue weighted by Crippen LogP contribution is 2.25. The molecule has 0 aliphatic carbocycles. The van der Waals surface area contributed by atoms with Gasteiger partial charge in [-0.2, -0.15) is 0 Å². The lowest BCUT2D eigenvalue weighted by atomic mass is 10.2. The number of hydrogen-bond donors (Lipinski definition) is 2. The lowest BCUT2D eigenvalue weighted by Gasteiger charge is -2.16. The Balaban J connectivity index is 0.000000406. The fourth-order valence-electron chi connectivity index (χ4n) is 4.43. The maximum absolute atomic E-state index is 12.8. The molecule has 0 atom stereocenters. The van der Waals surface area contributed by atoms with Crippen LogP contribution in [0.4, 0.5) is 0 Å². The number of rotatable bonds is 7. The SMILES string of the molecule is CCN1CCc2cc3cc(-n4ccc(OCc5ccc(Cl)cn5)cc4=O)ccc3n2CC1.O=C(O)/C=C\C(=O)O. The van der Waals surface area contributed by atoms with Crippen LogP contribution >= 0.6 is 11.6 Å². The number of fused-ring (bicyclic) bond motifs is 3. The number of benzene rings is 1. The van der Waals surface area contributed by atoms with Gasteiger partial charge in [-0.05, 0) is 49.0 Å². The molecule has 1 aromatic carbocycles. The number of nitrogens with zero attached hydrogens (tertiary/aromatic N) is 4. The van der Waals surface area contributed by atoms with E-state index in [4.69, 9.17) is 26.6 Å². The first kappa shape index (κ1) is 28.6. The summed E-state index contributed by atoms with van der Waals surface area (Å²) in [5.74, 6) is -2.00. The molecule has 40 heavy (non-hydrogen) atoms. The standard InChI is InChI=1S/C25H25ClN4O2.C4H4O4/c1-2-28-9-7-22-14-18-13-21(5-6-24(18)29(22)12-11-28)30-10-8-23(15-25(30)31)32-17-20-4-3-19(26)16-27-20;5-3(6)1-2-4(7)8/h3-6,8,10,13-16H,2,7,9,11-12,17H2,1H3;1-2H,(H,5,6)(H,7,8)/b;2-1-. The molecule has 0 fully saturated rings. The summed E-state index contributed by atoms with van der Waals surface area (Å²) < 4.78 is 9.80. The maximum atomic E-state index is 12.8. The zero-order valence-corrected chi connectivity index (χ0v) is 22.6. The summed E-state index contributed by atoms with van der Waals surface area (Å²) in [6.45, 7) is 6.74. The van der Waals surface area contributed by atoms with Gasteiger partial charge in [0.15, 0.2) is 0 Å². The van der Waals surface area contributed by atoms with Crippen LogP contribution in [0.25, 0.3) is 16.6 Å². The van der Waals surface area contributed by atoms with Crippen molar-refractivity contribution >= 4 is 34.4 Å². The number of aliphatic carboxylic acids is 2. The summed E-state index contributed by atoms with van der Waals surface area (Å²) >= 11 is 5.86. The second-order valence-corrected chi connectivity index (χ2v) is 9.49. The molecular formula is C29H29ClN4O6. The van der Waals surface area contributed by atoms with Gasteiger partial charge in [-0.3, -0.25) is 14.3 Å². The molecule has 0 radical (unpaired) electrons. The van der Waals surface area contributed by atoms with Crippen LogP contribution in [0.2, 0.25) is 5.02 Å². The van der Waals surface area contributed by atoms with Gasteiger partial charge >= 0.3 is 11.9 Å². The van der Waals surface area contributed by atoms with Crippen molar-refractivity contribution in [1.29, 1.82) is 0 Å². The average Bonchev–Trinajstić information content (AvgIpc) is 3.15. The predicted octanol–water partition coefficient (Wildman–Crippen LogP) is 4.01. The van der Waals surface area contributed by atoms with E-state index in [-0.39, 0.29) is 12.2 Å². The summed E-state index contributed by atoms with van der Waals surface area (Å²) in [5, 5.41) is 17.4. The number of hydrogen-bond acceptors (Lipinski definition) is 6. The molecule has 0 unspecified atom stereocenters. The Kier molecular flexibility index (Phi) is 9.36. The van der Waals surface area contributed by atoms with Crippen LogP contribution in [-0.4, -0.2) is 60.8 Å². The number of carbonyl (C=O) groups is 2. The Morgan fingerprint density at radius 2 is 1.80 bits per heavy atom. The third kappa shape index (κ3) is 7.37. The average molecular weight is 565 g/mol. The lowest BCUT2D eigenvalue weighted by molar-refractivity contribution is -0.134. The summed E-state index contributed by atoms with van der Waals surface area (Å²) in [6, 6.07) is 15.4. The second kappa shape index (κ2) is 13.1. The van der Waals surface area contributed by atoms with Gasteiger partial charge in [0.2, 0.25) is 0 Å². The van der Waals surface area contributed by atoms with Gasteiger partial charge in [0.1, 0.15) is 12.4 Å². The molecule has 5 rings (SSSR count). The molecule has 10 nitrogen and oxygen atoms in total. The largest absolute Gasteiger partial charge is 0.487 e. The van der Waals surface area contributed by atoms with Crippen molar-refractivity contribution in [3.63, 3.8) is 0 Å². The van der Waals surface area contributed by atoms with Crippen LogP contribution in [0.1, 0.15) is 18.3 Å². The van der Waals surface area contributed by atoms with E-state index in [0.29, 0.717) is 22.9 Å². The van der Waals surface area contributed by atoms with Gasteiger partial charge in [-0.15, -0.1) is 0 Å². The van der Waals surface area contributed by atoms with Crippen molar-refractivity contribution in [2.24, 2.45) is 0 Å². The number of likely N-dealkylation sites (N-methyl/N-ethyl adjacent to an activating group) is 1. The number of carboxylic acids is 2. The van der Waals surface area contributed by atoms with E-state index in [1.807, 2.05) is 6.07 Å². The quantitative estimate of drug-likeness (QED) is 0.322. The molecule has 0 spiro atoms. The maximum Gasteiger partial charge on any atom is 0.328 e. The molecule has 4 heterocycles. The van der Waals surface area contributed by atoms with Crippen molar-refractivity contribution in [3.05, 3.63) is 99.8 Å². The van der Waals surface area contributed by atoms with E-state index in [2.05, 4.69) is 39.6 Å². The van der Waals surface area contributed by atoms with E-state index in [1.165, 1.54) is 22.7 Å². The van der Waals surface area contributed by atoms with Gasteiger partial charge in [0.05, 0.1) is 10.7 Å². The smallest absolute Gasteiger partial charge is 0.328 e. The topological polar surface area (TPSA) is 127 Å². The number of aromatic nitrogens is 3. The summed E-state index contributed by atoms with van der Waals surface area (Å²) in [5.41, 5.74) is 4.05. The van der Waals surface area contributed by atoms with Gasteiger partial charge < -0.3 is 24.4 Å². The Bertz CT molecular complexity index is 1580. The number of pyridine rings is 2. The number of carboxylic acid groups (broad SMARTS) is 2. The molecule has 208 valence electrons. The van der Waals surface area contributed by atoms with Gasteiger partial charge in [-0.25, -0.2) is 9.59 Å². The van der Waals surface area contributed by atoms with E-state index in [9.17, 15) is 14.4 Å². The minimum atomic E-state index is -1.26. The Labute approximate surface area is 235 Å². The van der Waals surface area contributed by atoms with Gasteiger partial charge in [-0.1, -0.05) is 18.5 Å². The Morgan fingerprint density at radius 1 is 1.02 bits per heavy atom. The molecule has 11 heteroatoms.